The molecule has 2 aromatic rings. The molecular weight excluding hydrogens is 500 g/mol. The van der Waals surface area contributed by atoms with Crippen LogP contribution in [0.3, 0.4) is 0 Å². The maximum Gasteiger partial charge on any atom is 0.415 e. The van der Waals surface area contributed by atoms with Gasteiger partial charge in [0, 0.05) is 24.4 Å². The molecule has 2 aromatic carbocycles. The molecule has 0 aromatic heterocycles. The summed E-state index contributed by atoms with van der Waals surface area (Å²) in [6.45, 7) is 4.97. The molecule has 1 unspecified atom stereocenters. The summed E-state index contributed by atoms with van der Waals surface area (Å²) >= 11 is 1.04. The summed E-state index contributed by atoms with van der Waals surface area (Å²) < 4.78 is 15.2. The molecule has 1 aliphatic rings. The van der Waals surface area contributed by atoms with E-state index >= 15 is 0 Å². The van der Waals surface area contributed by atoms with Crippen molar-refractivity contribution >= 4 is 46.5 Å². The van der Waals surface area contributed by atoms with Crippen molar-refractivity contribution in [1.82, 2.24) is 4.90 Å². The van der Waals surface area contributed by atoms with E-state index in [0.29, 0.717) is 5.75 Å². The van der Waals surface area contributed by atoms with E-state index < -0.39 is 30.0 Å². The normalized spacial score (nSPS) is 16.4. The highest BCUT2D eigenvalue weighted by Crippen LogP contribution is 2.30. The van der Waals surface area contributed by atoms with E-state index in [0.717, 1.165) is 11.8 Å². The number of nitrogens with zero attached hydrogens (tertiary/aromatic N) is 1. The number of likely N-dealkylation sites (tertiary alicyclic amines) is 1. The molecule has 1 fully saturated rings. The number of amides is 2. The van der Waals surface area contributed by atoms with Crippen molar-refractivity contribution in [1.29, 1.82) is 0 Å². The first-order chi connectivity index (χ1) is 17.7. The zero-order valence-corrected chi connectivity index (χ0v) is 21.1. The lowest BCUT2D eigenvalue weighted by Gasteiger charge is -2.23. The number of carbonyl (C=O) groups is 5. The van der Waals surface area contributed by atoms with E-state index in [1.165, 1.54) is 43.2 Å². The molecule has 0 bridgehead atoms. The Kier molecular flexibility index (Phi) is 9.45. The van der Waals surface area contributed by atoms with Gasteiger partial charge in [0.1, 0.15) is 18.4 Å². The van der Waals surface area contributed by atoms with Crippen LogP contribution in [0.15, 0.2) is 61.2 Å². The van der Waals surface area contributed by atoms with Crippen molar-refractivity contribution in [3.63, 3.8) is 0 Å². The largest absolute Gasteiger partial charge is 0.465 e. The molecule has 3 rings (SSSR count). The van der Waals surface area contributed by atoms with Gasteiger partial charge in [-0.15, -0.1) is 0 Å². The fraction of sp³-hybridized carbons (Fsp3) is 0.269. The molecule has 2 amide bonds. The second-order valence-corrected chi connectivity index (χ2v) is 9.46. The minimum absolute atomic E-state index is 0.0110. The number of esters is 2. The Labute approximate surface area is 217 Å². The average molecular weight is 527 g/mol. The van der Waals surface area contributed by atoms with Gasteiger partial charge in [-0.25, -0.2) is 14.4 Å². The highest BCUT2D eigenvalue weighted by atomic mass is 32.2. The first-order valence-electron chi connectivity index (χ1n) is 11.2. The number of benzene rings is 2. The summed E-state index contributed by atoms with van der Waals surface area (Å²) in [6, 6.07) is 11.4. The molecule has 1 saturated heterocycles. The van der Waals surface area contributed by atoms with Crippen molar-refractivity contribution in [2.24, 2.45) is 0 Å². The van der Waals surface area contributed by atoms with Crippen LogP contribution in [0, 0.1) is 0 Å². The number of thioether (sulfide) groups is 1. The van der Waals surface area contributed by atoms with Gasteiger partial charge in [0.2, 0.25) is 5.91 Å². The lowest BCUT2D eigenvalue weighted by molar-refractivity contribution is -0.119. The number of methoxy groups -OCH3 is 1. The van der Waals surface area contributed by atoms with Crippen molar-refractivity contribution in [2.75, 3.05) is 25.6 Å². The van der Waals surface area contributed by atoms with Crippen LogP contribution in [-0.4, -0.2) is 65.5 Å². The number of para-hydroxylation sites is 1. The van der Waals surface area contributed by atoms with Gasteiger partial charge in [0.05, 0.1) is 18.2 Å². The Balaban J connectivity index is 1.85. The zero-order valence-electron chi connectivity index (χ0n) is 20.3. The Morgan fingerprint density at radius 2 is 1.76 bits per heavy atom. The van der Waals surface area contributed by atoms with Crippen LogP contribution in [0.5, 0.6) is 5.75 Å². The van der Waals surface area contributed by atoms with Crippen LogP contribution in [0.25, 0.3) is 0 Å². The number of carbonyl (C=O) groups excluding carboxylic acids is 5. The Morgan fingerprint density at radius 1 is 1.08 bits per heavy atom. The highest BCUT2D eigenvalue weighted by Gasteiger charge is 2.41. The molecule has 11 heteroatoms. The number of anilines is 1. The van der Waals surface area contributed by atoms with Gasteiger partial charge >= 0.3 is 18.0 Å². The van der Waals surface area contributed by atoms with Crippen molar-refractivity contribution in [3.8, 4) is 5.75 Å². The molecule has 0 aliphatic carbocycles. The second kappa shape index (κ2) is 12.7. The number of rotatable bonds is 8. The monoisotopic (exact) mass is 526 g/mol. The van der Waals surface area contributed by atoms with Gasteiger partial charge in [0.15, 0.2) is 5.12 Å². The van der Waals surface area contributed by atoms with Crippen LogP contribution in [0.2, 0.25) is 0 Å². The third-order valence-corrected chi connectivity index (χ3v) is 6.28. The fourth-order valence-electron chi connectivity index (χ4n) is 3.71. The quantitative estimate of drug-likeness (QED) is 0.405. The van der Waals surface area contributed by atoms with Crippen LogP contribution >= 0.6 is 11.8 Å². The first kappa shape index (κ1) is 27.5. The fourth-order valence-corrected chi connectivity index (χ4v) is 4.70. The lowest BCUT2D eigenvalue weighted by atomic mass is 10.1. The average Bonchev–Trinajstić information content (AvgIpc) is 3.30. The molecule has 1 aliphatic heterocycles. The Hall–Kier alpha value is -4.12. The summed E-state index contributed by atoms with van der Waals surface area (Å²) in [5.74, 6) is -1.72. The number of nitrogens with one attached hydrogen (secondary N) is 1. The summed E-state index contributed by atoms with van der Waals surface area (Å²) in [4.78, 5) is 63.7. The van der Waals surface area contributed by atoms with E-state index in [2.05, 4.69) is 11.9 Å². The van der Waals surface area contributed by atoms with Crippen molar-refractivity contribution in [3.05, 3.63) is 72.3 Å². The number of ether oxygens (including phenoxy) is 3. The van der Waals surface area contributed by atoms with Crippen molar-refractivity contribution < 1.29 is 38.2 Å². The molecule has 1 N–H and O–H groups in total. The van der Waals surface area contributed by atoms with Gasteiger partial charge in [-0.3, -0.25) is 14.5 Å². The Bertz CT molecular complexity index is 1200. The minimum atomic E-state index is -0.967. The first-order valence-corrected chi connectivity index (χ1v) is 12.1. The summed E-state index contributed by atoms with van der Waals surface area (Å²) in [5, 5.41) is 2.20. The predicted molar refractivity (Wildman–Crippen MR) is 137 cm³/mol. The molecule has 1 heterocycles. The van der Waals surface area contributed by atoms with Crippen molar-refractivity contribution in [2.45, 2.75) is 24.6 Å². The number of hydrogen-bond donors (Lipinski definition) is 1. The van der Waals surface area contributed by atoms with Gasteiger partial charge in [-0.2, -0.15) is 0 Å². The van der Waals surface area contributed by atoms with E-state index in [1.807, 2.05) is 0 Å². The van der Waals surface area contributed by atoms with E-state index in [1.54, 1.807) is 30.3 Å². The lowest BCUT2D eigenvalue weighted by Crippen LogP contribution is -2.44. The van der Waals surface area contributed by atoms with E-state index in [-0.39, 0.29) is 46.8 Å². The minimum Gasteiger partial charge on any atom is -0.465 e. The SMILES string of the molecule is C=CCOC(=O)c1cc(NC(=O)[C@@H]2CC(SC(C)=O)CN2C(=O)Oc2ccccc2)cc(C(=O)OC)c1. The van der Waals surface area contributed by atoms with Crippen LogP contribution < -0.4 is 10.1 Å². The molecule has 2 atom stereocenters. The number of hydrogen-bond acceptors (Lipinski definition) is 9. The topological polar surface area (TPSA) is 128 Å². The van der Waals surface area contributed by atoms with Gasteiger partial charge in [-0.1, -0.05) is 42.6 Å². The zero-order chi connectivity index (χ0) is 26.9. The van der Waals surface area contributed by atoms with Gasteiger partial charge < -0.3 is 19.5 Å². The summed E-state index contributed by atoms with van der Waals surface area (Å²) in [6.07, 6.45) is 0.851. The highest BCUT2D eigenvalue weighted by molar-refractivity contribution is 8.14. The molecule has 37 heavy (non-hydrogen) atoms. The standard InChI is InChI=1S/C26H26N2O8S/c1-4-10-35-25(32)18-11-17(24(31)34-3)12-19(13-18)27-23(30)22-14-21(37-16(2)29)15-28(22)26(33)36-20-8-6-5-7-9-20/h4-9,11-13,21-22H,1,10,14-15H2,2-3H3,(H,27,30)/t21?,22-/m0/s1. The van der Waals surface area contributed by atoms with Gasteiger partial charge in [0.25, 0.3) is 0 Å². The van der Waals surface area contributed by atoms with Crippen LogP contribution in [0.4, 0.5) is 10.5 Å². The summed E-state index contributed by atoms with van der Waals surface area (Å²) in [7, 11) is 1.19. The molecule has 0 radical (unpaired) electrons. The maximum atomic E-state index is 13.3. The van der Waals surface area contributed by atoms with Crippen LogP contribution in [0.1, 0.15) is 34.1 Å². The second-order valence-electron chi connectivity index (χ2n) is 7.98. The molecule has 0 spiro atoms. The van der Waals surface area contributed by atoms with Gasteiger partial charge in [-0.05, 0) is 36.8 Å². The third kappa shape index (κ3) is 7.43. The molecular formula is C26H26N2O8S. The Morgan fingerprint density at radius 3 is 2.38 bits per heavy atom. The molecule has 194 valence electrons. The predicted octanol–water partition coefficient (Wildman–Crippen LogP) is 3.68. The maximum absolute atomic E-state index is 13.3. The molecule has 10 nitrogen and oxygen atoms in total. The van der Waals surface area contributed by atoms with Crippen LogP contribution in [-0.2, 0) is 19.1 Å². The molecule has 0 saturated carbocycles. The summed E-state index contributed by atoms with van der Waals surface area (Å²) in [5.41, 5.74) is 0.150. The smallest absolute Gasteiger partial charge is 0.415 e. The van der Waals surface area contributed by atoms with E-state index in [9.17, 15) is 24.0 Å². The third-order valence-electron chi connectivity index (χ3n) is 5.27. The van der Waals surface area contributed by atoms with E-state index in [4.69, 9.17) is 14.2 Å².